The van der Waals surface area contributed by atoms with Crippen molar-refractivity contribution < 1.29 is 4.39 Å². The van der Waals surface area contributed by atoms with E-state index in [1.807, 2.05) is 0 Å². The zero-order valence-electron chi connectivity index (χ0n) is 14.7. The predicted molar refractivity (Wildman–Crippen MR) is 94.8 cm³/mol. The van der Waals surface area contributed by atoms with E-state index < -0.39 is 0 Å². The Bertz CT molecular complexity index is 293. The molecule has 0 atom stereocenters. The lowest BCUT2D eigenvalue weighted by atomic mass is 9.75. The van der Waals surface area contributed by atoms with E-state index in [9.17, 15) is 4.39 Å². The summed E-state index contributed by atoms with van der Waals surface area (Å²) < 4.78 is 12.1. The second-order valence-corrected chi connectivity index (χ2v) is 7.94. The first-order chi connectivity index (χ1) is 10.8. The fourth-order valence-corrected chi connectivity index (χ4v) is 4.71. The second-order valence-electron chi connectivity index (χ2n) is 7.94. The van der Waals surface area contributed by atoms with Crippen LogP contribution in [0.25, 0.3) is 0 Å². The van der Waals surface area contributed by atoms with Gasteiger partial charge in [0.05, 0.1) is 6.67 Å². The Morgan fingerprint density at radius 2 is 1.27 bits per heavy atom. The minimum Gasteiger partial charge on any atom is -0.251 e. The van der Waals surface area contributed by atoms with Crippen LogP contribution in [0, 0.1) is 23.7 Å². The Hall–Kier alpha value is -0.330. The number of hydrogen-bond donors (Lipinski definition) is 0. The average molecular weight is 309 g/mol. The molecule has 0 nitrogen and oxygen atoms in total. The predicted octanol–water partition coefficient (Wildman–Crippen LogP) is 7.10. The summed E-state index contributed by atoms with van der Waals surface area (Å²) in [5.74, 6) is 3.81. The number of allylic oxidation sites excluding steroid dienone is 2. The molecule has 0 saturated heterocycles. The fraction of sp³-hybridized carbons (Fsp3) is 0.905. The molecule has 0 unspecified atom stereocenters. The monoisotopic (exact) mass is 308 g/mol. The number of rotatable bonds is 8. The smallest absolute Gasteiger partial charge is 0.0928 e. The Morgan fingerprint density at radius 3 is 1.77 bits per heavy atom. The van der Waals surface area contributed by atoms with Gasteiger partial charge in [0.2, 0.25) is 0 Å². The molecule has 2 saturated carbocycles. The van der Waals surface area contributed by atoms with Crippen molar-refractivity contribution in [1.82, 2.24) is 0 Å². The van der Waals surface area contributed by atoms with Gasteiger partial charge < -0.3 is 0 Å². The van der Waals surface area contributed by atoms with Crippen molar-refractivity contribution in [3.8, 4) is 0 Å². The van der Waals surface area contributed by atoms with Crippen molar-refractivity contribution in [1.29, 1.82) is 0 Å². The number of alkyl halides is 1. The molecule has 1 heteroatoms. The Morgan fingerprint density at radius 1 is 0.773 bits per heavy atom. The van der Waals surface area contributed by atoms with Gasteiger partial charge in [0.15, 0.2) is 0 Å². The quantitative estimate of drug-likeness (QED) is 0.420. The fourth-order valence-electron chi connectivity index (χ4n) is 4.71. The first kappa shape index (κ1) is 18.0. The van der Waals surface area contributed by atoms with Crippen LogP contribution in [0.2, 0.25) is 0 Å². The van der Waals surface area contributed by atoms with Crippen LogP contribution in [-0.4, -0.2) is 6.67 Å². The third-order valence-electron chi connectivity index (χ3n) is 6.22. The van der Waals surface area contributed by atoms with E-state index in [1.165, 1.54) is 77.0 Å². The second kappa shape index (κ2) is 10.4. The first-order valence-corrected chi connectivity index (χ1v) is 10.0. The SMILES string of the molecule is CCC[C@H]1CC[C@H](CCC2CCC(/C=C/CCF)CC2)CC1. The molecular weight excluding hydrogens is 271 g/mol. The van der Waals surface area contributed by atoms with Crippen molar-refractivity contribution in [2.75, 3.05) is 6.67 Å². The minimum atomic E-state index is -0.202. The highest BCUT2D eigenvalue weighted by atomic mass is 19.1. The lowest BCUT2D eigenvalue weighted by molar-refractivity contribution is 0.221. The van der Waals surface area contributed by atoms with Crippen LogP contribution >= 0.6 is 0 Å². The van der Waals surface area contributed by atoms with Crippen molar-refractivity contribution in [3.63, 3.8) is 0 Å². The van der Waals surface area contributed by atoms with Crippen LogP contribution in [0.15, 0.2) is 12.2 Å². The van der Waals surface area contributed by atoms with Crippen molar-refractivity contribution in [2.45, 2.75) is 90.4 Å². The van der Waals surface area contributed by atoms with Crippen LogP contribution in [0.5, 0.6) is 0 Å². The maximum absolute atomic E-state index is 12.1. The number of hydrogen-bond acceptors (Lipinski definition) is 0. The van der Waals surface area contributed by atoms with Gasteiger partial charge in [-0.15, -0.1) is 0 Å². The Labute approximate surface area is 138 Å². The van der Waals surface area contributed by atoms with Crippen molar-refractivity contribution in [3.05, 3.63) is 12.2 Å². The molecule has 0 bridgehead atoms. The van der Waals surface area contributed by atoms with E-state index in [2.05, 4.69) is 19.1 Å². The molecule has 2 fully saturated rings. The molecule has 0 N–H and O–H groups in total. The molecule has 2 aliphatic carbocycles. The maximum Gasteiger partial charge on any atom is 0.0928 e. The number of halogens is 1. The first-order valence-electron chi connectivity index (χ1n) is 10.0. The zero-order chi connectivity index (χ0) is 15.6. The van der Waals surface area contributed by atoms with E-state index in [0.29, 0.717) is 6.42 Å². The van der Waals surface area contributed by atoms with Gasteiger partial charge in [-0.2, -0.15) is 0 Å². The molecule has 0 heterocycles. The van der Waals surface area contributed by atoms with Crippen LogP contribution in [-0.2, 0) is 0 Å². The molecule has 0 aromatic heterocycles. The van der Waals surface area contributed by atoms with Gasteiger partial charge in [-0.1, -0.05) is 70.4 Å². The molecule has 128 valence electrons. The summed E-state index contributed by atoms with van der Waals surface area (Å²) in [4.78, 5) is 0. The topological polar surface area (TPSA) is 0 Å². The molecule has 0 amide bonds. The van der Waals surface area contributed by atoms with Gasteiger partial charge in [-0.05, 0) is 55.8 Å². The van der Waals surface area contributed by atoms with E-state index in [0.717, 1.165) is 23.7 Å². The molecule has 2 rings (SSSR count). The van der Waals surface area contributed by atoms with Crippen LogP contribution in [0.4, 0.5) is 4.39 Å². The molecule has 0 aromatic rings. The van der Waals surface area contributed by atoms with Crippen molar-refractivity contribution >= 4 is 0 Å². The summed E-state index contributed by atoms with van der Waals surface area (Å²) in [6.45, 7) is 2.13. The van der Waals surface area contributed by atoms with Gasteiger partial charge in [-0.3, -0.25) is 4.39 Å². The van der Waals surface area contributed by atoms with Crippen LogP contribution in [0.3, 0.4) is 0 Å². The minimum absolute atomic E-state index is 0.202. The van der Waals surface area contributed by atoms with Gasteiger partial charge in [0.25, 0.3) is 0 Å². The summed E-state index contributed by atoms with van der Waals surface area (Å²) >= 11 is 0. The van der Waals surface area contributed by atoms with Gasteiger partial charge in [-0.25, -0.2) is 0 Å². The molecule has 22 heavy (non-hydrogen) atoms. The van der Waals surface area contributed by atoms with Crippen LogP contribution < -0.4 is 0 Å². The standard InChI is InChI=1S/C21H37F/c1-2-5-18-7-11-20(12-8-18)15-16-21-13-9-19(10-14-21)6-3-4-17-22/h3,6,18-21H,2,4-5,7-17H2,1H3/b6-3+/t18-,19?,20-,21?. The van der Waals surface area contributed by atoms with Gasteiger partial charge in [0, 0.05) is 0 Å². The highest BCUT2D eigenvalue weighted by Gasteiger charge is 2.23. The molecular formula is C21H37F. The Balaban J connectivity index is 1.55. The molecule has 0 spiro atoms. The summed E-state index contributed by atoms with van der Waals surface area (Å²) in [6.07, 6.45) is 22.3. The van der Waals surface area contributed by atoms with Gasteiger partial charge in [0.1, 0.15) is 0 Å². The highest BCUT2D eigenvalue weighted by molar-refractivity contribution is 4.91. The Kier molecular flexibility index (Phi) is 8.55. The molecule has 0 aliphatic heterocycles. The molecule has 2 aliphatic rings. The van der Waals surface area contributed by atoms with E-state index in [-0.39, 0.29) is 6.67 Å². The largest absolute Gasteiger partial charge is 0.251 e. The van der Waals surface area contributed by atoms with E-state index >= 15 is 0 Å². The highest BCUT2D eigenvalue weighted by Crippen LogP contribution is 2.37. The third kappa shape index (κ3) is 6.42. The summed E-state index contributed by atoms with van der Waals surface area (Å²) in [5, 5.41) is 0. The summed E-state index contributed by atoms with van der Waals surface area (Å²) in [6, 6.07) is 0. The van der Waals surface area contributed by atoms with Gasteiger partial charge >= 0.3 is 0 Å². The van der Waals surface area contributed by atoms with Crippen LogP contribution in [0.1, 0.15) is 90.4 Å². The summed E-state index contributed by atoms with van der Waals surface area (Å²) in [7, 11) is 0. The third-order valence-corrected chi connectivity index (χ3v) is 6.22. The maximum atomic E-state index is 12.1. The lowest BCUT2D eigenvalue weighted by Crippen LogP contribution is -2.17. The normalized spacial score (nSPS) is 33.4. The lowest BCUT2D eigenvalue weighted by Gasteiger charge is -2.31. The average Bonchev–Trinajstić information content (AvgIpc) is 2.56. The van der Waals surface area contributed by atoms with E-state index in [1.54, 1.807) is 0 Å². The zero-order valence-corrected chi connectivity index (χ0v) is 14.7. The molecule has 0 aromatic carbocycles. The molecule has 0 radical (unpaired) electrons. The van der Waals surface area contributed by atoms with Crippen molar-refractivity contribution in [2.24, 2.45) is 23.7 Å². The summed E-state index contributed by atoms with van der Waals surface area (Å²) in [5.41, 5.74) is 0. The van der Waals surface area contributed by atoms with E-state index in [4.69, 9.17) is 0 Å².